The van der Waals surface area contributed by atoms with Gasteiger partial charge in [-0.15, -0.1) is 23.1 Å². The van der Waals surface area contributed by atoms with E-state index in [-0.39, 0.29) is 0 Å². The third-order valence-corrected chi connectivity index (χ3v) is 4.47. The minimum atomic E-state index is -0.814. The summed E-state index contributed by atoms with van der Waals surface area (Å²) < 4.78 is 0. The fraction of sp³-hybridized carbons (Fsp3) is 0.444. The average Bonchev–Trinajstić information content (AvgIpc) is 2.47. The molecular weight excluding hydrogens is 218 g/mol. The molecule has 3 nitrogen and oxygen atoms in total. The zero-order valence-electron chi connectivity index (χ0n) is 7.98. The van der Waals surface area contributed by atoms with E-state index in [0.29, 0.717) is 10.1 Å². The van der Waals surface area contributed by atoms with E-state index in [1.165, 1.54) is 11.3 Å². The first-order valence-corrected chi connectivity index (χ1v) is 6.08. The van der Waals surface area contributed by atoms with Crippen LogP contribution in [-0.2, 0) is 0 Å². The summed E-state index contributed by atoms with van der Waals surface area (Å²) in [5.74, 6) is -0.814. The van der Waals surface area contributed by atoms with E-state index >= 15 is 0 Å². The largest absolute Gasteiger partial charge is 0.477 e. The van der Waals surface area contributed by atoms with E-state index < -0.39 is 5.97 Å². The van der Waals surface area contributed by atoms with Gasteiger partial charge in [-0.05, 0) is 0 Å². The summed E-state index contributed by atoms with van der Waals surface area (Å²) in [7, 11) is 2.01. The Hall–Kier alpha value is -0.680. The van der Waals surface area contributed by atoms with Crippen molar-refractivity contribution in [3.8, 4) is 0 Å². The number of thiophene rings is 1. The molecule has 0 spiro atoms. The van der Waals surface area contributed by atoms with Gasteiger partial charge in [0.1, 0.15) is 4.88 Å². The molecular formula is C9H11NO2S2. The lowest BCUT2D eigenvalue weighted by Crippen LogP contribution is -2.29. The number of carboxylic acids is 1. The molecule has 1 N–H and O–H groups in total. The number of hydrogen-bond donors (Lipinski definition) is 1. The van der Waals surface area contributed by atoms with Crippen LogP contribution in [0.4, 0.5) is 5.69 Å². The highest BCUT2D eigenvalue weighted by Gasteiger charge is 2.26. The van der Waals surface area contributed by atoms with Crippen LogP contribution in [0.3, 0.4) is 0 Å². The van der Waals surface area contributed by atoms with Crippen molar-refractivity contribution < 1.29 is 9.90 Å². The maximum Gasteiger partial charge on any atom is 0.347 e. The van der Waals surface area contributed by atoms with Gasteiger partial charge in [-0.1, -0.05) is 6.92 Å². The molecule has 0 aliphatic carbocycles. The van der Waals surface area contributed by atoms with E-state index in [9.17, 15) is 4.79 Å². The Morgan fingerprint density at radius 1 is 1.71 bits per heavy atom. The van der Waals surface area contributed by atoms with Crippen molar-refractivity contribution >= 4 is 34.8 Å². The van der Waals surface area contributed by atoms with Gasteiger partial charge in [0.15, 0.2) is 0 Å². The van der Waals surface area contributed by atoms with Crippen molar-refractivity contribution in [3.05, 3.63) is 10.3 Å². The quantitative estimate of drug-likeness (QED) is 0.802. The lowest BCUT2D eigenvalue weighted by atomic mass is 10.3. The minimum absolute atomic E-state index is 0.459. The molecule has 1 aliphatic rings. The van der Waals surface area contributed by atoms with Gasteiger partial charge in [0, 0.05) is 24.2 Å². The molecule has 0 aromatic carbocycles. The Bertz CT molecular complexity index is 375. The first-order chi connectivity index (χ1) is 6.59. The highest BCUT2D eigenvalue weighted by Crippen LogP contribution is 2.43. The van der Waals surface area contributed by atoms with E-state index in [4.69, 9.17) is 5.11 Å². The van der Waals surface area contributed by atoms with Crippen LogP contribution >= 0.6 is 23.1 Å². The molecule has 0 fully saturated rings. The van der Waals surface area contributed by atoms with Gasteiger partial charge in [0.25, 0.3) is 0 Å². The number of carboxylic acid groups (broad SMARTS) is 1. The molecule has 2 heterocycles. The number of aromatic carboxylic acids is 1. The molecule has 1 aliphatic heterocycles. The Kier molecular flexibility index (Phi) is 2.45. The summed E-state index contributed by atoms with van der Waals surface area (Å²) in [4.78, 5) is 14.5. The summed E-state index contributed by atoms with van der Waals surface area (Å²) in [6.07, 6.45) is 0. The van der Waals surface area contributed by atoms with Crippen LogP contribution < -0.4 is 4.90 Å². The number of hydrogen-bond acceptors (Lipinski definition) is 4. The second-order valence-electron chi connectivity index (χ2n) is 3.39. The van der Waals surface area contributed by atoms with Gasteiger partial charge >= 0.3 is 5.97 Å². The monoisotopic (exact) mass is 229 g/mol. The summed E-state index contributed by atoms with van der Waals surface area (Å²) in [5, 5.41) is 11.4. The summed E-state index contributed by atoms with van der Waals surface area (Å²) in [6, 6.07) is 0. The molecule has 0 radical (unpaired) electrons. The van der Waals surface area contributed by atoms with Crippen LogP contribution in [0, 0.1) is 0 Å². The van der Waals surface area contributed by atoms with Gasteiger partial charge in [-0.25, -0.2) is 4.79 Å². The molecule has 0 bridgehead atoms. The summed E-state index contributed by atoms with van der Waals surface area (Å²) in [5.41, 5.74) is 1.07. The third kappa shape index (κ3) is 1.50. The van der Waals surface area contributed by atoms with Crippen LogP contribution in [-0.4, -0.2) is 29.9 Å². The van der Waals surface area contributed by atoms with Gasteiger partial charge in [0.05, 0.1) is 10.6 Å². The SMILES string of the molecule is CC1CN(C)c2csc(C(=O)O)c2S1. The van der Waals surface area contributed by atoms with Gasteiger partial charge in [0.2, 0.25) is 0 Å². The zero-order chi connectivity index (χ0) is 10.3. The van der Waals surface area contributed by atoms with E-state index in [1.54, 1.807) is 11.8 Å². The number of anilines is 1. The van der Waals surface area contributed by atoms with Gasteiger partial charge in [-0.2, -0.15) is 0 Å². The van der Waals surface area contributed by atoms with Crippen molar-refractivity contribution in [1.29, 1.82) is 0 Å². The molecule has 0 saturated carbocycles. The second-order valence-corrected chi connectivity index (χ2v) is 5.72. The zero-order valence-corrected chi connectivity index (χ0v) is 9.61. The van der Waals surface area contributed by atoms with Crippen LogP contribution in [0.2, 0.25) is 0 Å². The third-order valence-electron chi connectivity index (χ3n) is 2.18. The molecule has 1 unspecified atom stereocenters. The Morgan fingerprint density at radius 2 is 2.43 bits per heavy atom. The first-order valence-electron chi connectivity index (χ1n) is 4.32. The standard InChI is InChI=1S/C9H11NO2S2/c1-5-3-10(2)6-4-13-8(9(11)12)7(6)14-5/h4-5H,3H2,1-2H3,(H,11,12). The summed E-state index contributed by atoms with van der Waals surface area (Å²) >= 11 is 2.98. The fourth-order valence-electron chi connectivity index (χ4n) is 1.59. The predicted octanol–water partition coefficient (Wildman–Crippen LogP) is 2.38. The number of thioether (sulfide) groups is 1. The van der Waals surface area contributed by atoms with E-state index in [2.05, 4.69) is 11.8 Å². The first kappa shape index (κ1) is 9.86. The van der Waals surface area contributed by atoms with Crippen molar-refractivity contribution in [3.63, 3.8) is 0 Å². The normalized spacial score (nSPS) is 20.7. The smallest absolute Gasteiger partial charge is 0.347 e. The Morgan fingerprint density at radius 3 is 3.07 bits per heavy atom. The van der Waals surface area contributed by atoms with E-state index in [1.807, 2.05) is 12.4 Å². The van der Waals surface area contributed by atoms with Gasteiger partial charge in [-0.3, -0.25) is 0 Å². The number of rotatable bonds is 1. The van der Waals surface area contributed by atoms with Crippen molar-refractivity contribution in [2.24, 2.45) is 0 Å². The topological polar surface area (TPSA) is 40.5 Å². The maximum absolute atomic E-state index is 10.9. The molecule has 2 rings (SSSR count). The lowest BCUT2D eigenvalue weighted by Gasteiger charge is -2.28. The highest BCUT2D eigenvalue weighted by atomic mass is 32.2. The predicted molar refractivity (Wildman–Crippen MR) is 59.9 cm³/mol. The molecule has 1 aromatic rings. The summed E-state index contributed by atoms with van der Waals surface area (Å²) in [6.45, 7) is 3.10. The molecule has 1 atom stereocenters. The molecule has 14 heavy (non-hydrogen) atoms. The second kappa shape index (κ2) is 3.47. The van der Waals surface area contributed by atoms with Crippen molar-refractivity contribution in [2.45, 2.75) is 17.1 Å². The highest BCUT2D eigenvalue weighted by molar-refractivity contribution is 8.00. The van der Waals surface area contributed by atoms with Crippen LogP contribution in [0.1, 0.15) is 16.6 Å². The van der Waals surface area contributed by atoms with Crippen LogP contribution in [0.15, 0.2) is 10.3 Å². The minimum Gasteiger partial charge on any atom is -0.477 e. The number of fused-ring (bicyclic) bond motifs is 1. The fourth-order valence-corrected chi connectivity index (χ4v) is 4.02. The van der Waals surface area contributed by atoms with E-state index in [0.717, 1.165) is 17.1 Å². The lowest BCUT2D eigenvalue weighted by molar-refractivity contribution is 0.0699. The van der Waals surface area contributed by atoms with Crippen LogP contribution in [0.25, 0.3) is 0 Å². The van der Waals surface area contributed by atoms with Crippen molar-refractivity contribution in [2.75, 3.05) is 18.5 Å². The maximum atomic E-state index is 10.9. The Labute approximate surface area is 90.7 Å². The molecule has 5 heteroatoms. The number of nitrogens with zero attached hydrogens (tertiary/aromatic N) is 1. The molecule has 0 amide bonds. The average molecular weight is 229 g/mol. The molecule has 1 aromatic heterocycles. The molecule has 0 saturated heterocycles. The van der Waals surface area contributed by atoms with Gasteiger partial charge < -0.3 is 10.0 Å². The van der Waals surface area contributed by atoms with Crippen molar-refractivity contribution in [1.82, 2.24) is 0 Å². The van der Waals surface area contributed by atoms with Crippen LogP contribution in [0.5, 0.6) is 0 Å². The Balaban J connectivity index is 2.46. The number of carbonyl (C=O) groups is 1. The molecule has 76 valence electrons.